The Hall–Kier alpha value is -1.20. The van der Waals surface area contributed by atoms with Crippen molar-refractivity contribution >= 4 is 11.8 Å². The summed E-state index contributed by atoms with van der Waals surface area (Å²) in [5.41, 5.74) is -0.732. The Kier molecular flexibility index (Phi) is 3.19. The Morgan fingerprint density at radius 3 is 2.16 bits per heavy atom. The van der Waals surface area contributed by atoms with Gasteiger partial charge < -0.3 is 9.84 Å². The van der Waals surface area contributed by atoms with Crippen molar-refractivity contribution in [1.82, 2.24) is 4.90 Å². The Morgan fingerprint density at radius 1 is 1.16 bits per heavy atom. The fraction of sp³-hybridized carbons (Fsp3) is 0.714. The van der Waals surface area contributed by atoms with Crippen molar-refractivity contribution in [2.45, 2.75) is 31.2 Å². The number of hydrogen-bond donors (Lipinski definition) is 1. The SMILES string of the molecule is O=C1[C@H]2CC=CC[C@H]2C(=O)N1C1(CO)CCOCC1. The monoisotopic (exact) mass is 265 g/mol. The van der Waals surface area contributed by atoms with Crippen molar-refractivity contribution < 1.29 is 19.4 Å². The predicted octanol–water partition coefficient (Wildman–Crippen LogP) is 0.479. The van der Waals surface area contributed by atoms with Gasteiger partial charge in [-0.2, -0.15) is 0 Å². The fourth-order valence-electron chi connectivity index (χ4n) is 3.47. The number of fused-ring (bicyclic) bond motifs is 1. The van der Waals surface area contributed by atoms with E-state index in [1.54, 1.807) is 0 Å². The molecule has 2 atom stereocenters. The summed E-state index contributed by atoms with van der Waals surface area (Å²) < 4.78 is 5.30. The van der Waals surface area contributed by atoms with Crippen LogP contribution in [0.2, 0.25) is 0 Å². The van der Waals surface area contributed by atoms with Gasteiger partial charge in [-0.15, -0.1) is 0 Å². The maximum Gasteiger partial charge on any atom is 0.234 e. The van der Waals surface area contributed by atoms with Crippen LogP contribution in [0, 0.1) is 11.8 Å². The molecule has 2 fully saturated rings. The van der Waals surface area contributed by atoms with E-state index in [-0.39, 0.29) is 30.3 Å². The van der Waals surface area contributed by atoms with Crippen molar-refractivity contribution in [3.63, 3.8) is 0 Å². The molecule has 104 valence electrons. The first-order valence-corrected chi connectivity index (χ1v) is 6.91. The number of carbonyl (C=O) groups excluding carboxylic acids is 2. The number of ether oxygens (including phenoxy) is 1. The van der Waals surface area contributed by atoms with Crippen molar-refractivity contribution in [3.8, 4) is 0 Å². The largest absolute Gasteiger partial charge is 0.394 e. The summed E-state index contributed by atoms with van der Waals surface area (Å²) in [4.78, 5) is 26.4. The second kappa shape index (κ2) is 4.72. The van der Waals surface area contributed by atoms with Crippen LogP contribution in [0.5, 0.6) is 0 Å². The standard InChI is InChI=1S/C14H19NO4/c16-9-14(5-7-19-8-6-14)15-12(17)10-3-1-2-4-11(10)13(15)18/h1-2,10-11,16H,3-9H2/t10-,11+. The first-order chi connectivity index (χ1) is 9.19. The zero-order valence-electron chi connectivity index (χ0n) is 10.9. The summed E-state index contributed by atoms with van der Waals surface area (Å²) >= 11 is 0. The minimum Gasteiger partial charge on any atom is -0.394 e. The molecule has 5 heteroatoms. The number of allylic oxidation sites excluding steroid dienone is 2. The molecule has 2 heterocycles. The number of rotatable bonds is 2. The molecule has 0 aromatic heterocycles. The van der Waals surface area contributed by atoms with E-state index in [9.17, 15) is 14.7 Å². The zero-order valence-corrected chi connectivity index (χ0v) is 10.9. The van der Waals surface area contributed by atoms with Gasteiger partial charge >= 0.3 is 0 Å². The molecule has 2 amide bonds. The molecule has 2 saturated heterocycles. The van der Waals surface area contributed by atoms with Crippen molar-refractivity contribution in [1.29, 1.82) is 0 Å². The average molecular weight is 265 g/mol. The highest BCUT2D eigenvalue weighted by Gasteiger charge is 2.55. The molecule has 0 radical (unpaired) electrons. The van der Waals surface area contributed by atoms with Gasteiger partial charge in [0.25, 0.3) is 0 Å². The Balaban J connectivity index is 1.92. The predicted molar refractivity (Wildman–Crippen MR) is 67.1 cm³/mol. The average Bonchev–Trinajstić information content (AvgIpc) is 2.73. The van der Waals surface area contributed by atoms with Crippen molar-refractivity contribution in [2.24, 2.45) is 11.8 Å². The highest BCUT2D eigenvalue weighted by atomic mass is 16.5. The molecule has 0 aromatic carbocycles. The van der Waals surface area contributed by atoms with Gasteiger partial charge in [0.15, 0.2) is 0 Å². The summed E-state index contributed by atoms with van der Waals surface area (Å²) in [6.45, 7) is 0.817. The van der Waals surface area contributed by atoms with Gasteiger partial charge in [0.05, 0.1) is 24.0 Å². The summed E-state index contributed by atoms with van der Waals surface area (Å²) in [7, 11) is 0. The second-order valence-electron chi connectivity index (χ2n) is 5.66. The lowest BCUT2D eigenvalue weighted by Gasteiger charge is -2.42. The van der Waals surface area contributed by atoms with E-state index >= 15 is 0 Å². The van der Waals surface area contributed by atoms with Gasteiger partial charge in [-0.25, -0.2) is 0 Å². The van der Waals surface area contributed by atoms with Gasteiger partial charge in [-0.1, -0.05) is 12.2 Å². The molecule has 1 aliphatic carbocycles. The van der Waals surface area contributed by atoms with E-state index in [1.807, 2.05) is 12.2 Å². The van der Waals surface area contributed by atoms with E-state index in [2.05, 4.69) is 0 Å². The number of carbonyl (C=O) groups is 2. The summed E-state index contributed by atoms with van der Waals surface area (Å²) in [5.74, 6) is -0.641. The maximum atomic E-state index is 12.5. The number of aliphatic hydroxyl groups is 1. The van der Waals surface area contributed by atoms with Gasteiger partial charge in [0.1, 0.15) is 0 Å². The van der Waals surface area contributed by atoms with Gasteiger partial charge in [-0.3, -0.25) is 14.5 Å². The van der Waals surface area contributed by atoms with Crippen LogP contribution < -0.4 is 0 Å². The number of aliphatic hydroxyl groups excluding tert-OH is 1. The molecule has 0 saturated carbocycles. The minimum absolute atomic E-state index is 0.102. The van der Waals surface area contributed by atoms with E-state index in [4.69, 9.17) is 4.74 Å². The second-order valence-corrected chi connectivity index (χ2v) is 5.66. The van der Waals surface area contributed by atoms with Crippen molar-refractivity contribution in [3.05, 3.63) is 12.2 Å². The van der Waals surface area contributed by atoms with Crippen LogP contribution >= 0.6 is 0 Å². The molecule has 2 aliphatic heterocycles. The van der Waals surface area contributed by atoms with Crippen LogP contribution in [0.15, 0.2) is 12.2 Å². The van der Waals surface area contributed by atoms with Gasteiger partial charge in [0.2, 0.25) is 11.8 Å². The highest BCUT2D eigenvalue weighted by Crippen LogP contribution is 2.41. The molecular weight excluding hydrogens is 246 g/mol. The Labute approximate surface area is 112 Å². The molecule has 19 heavy (non-hydrogen) atoms. The first kappa shape index (κ1) is 12.8. The number of nitrogens with zero attached hydrogens (tertiary/aromatic N) is 1. The quantitative estimate of drug-likeness (QED) is 0.582. The van der Waals surface area contributed by atoms with Crippen LogP contribution in [0.1, 0.15) is 25.7 Å². The van der Waals surface area contributed by atoms with E-state index in [0.29, 0.717) is 38.9 Å². The summed E-state index contributed by atoms with van der Waals surface area (Å²) in [6.07, 6.45) is 6.31. The number of likely N-dealkylation sites (tertiary alicyclic amines) is 1. The first-order valence-electron chi connectivity index (χ1n) is 6.91. The van der Waals surface area contributed by atoms with Crippen LogP contribution in [0.3, 0.4) is 0 Å². The number of imide groups is 1. The normalized spacial score (nSPS) is 33.6. The molecule has 0 unspecified atom stereocenters. The van der Waals surface area contributed by atoms with Crippen LogP contribution in [0.25, 0.3) is 0 Å². The lowest BCUT2D eigenvalue weighted by Crippen LogP contribution is -2.57. The minimum atomic E-state index is -0.732. The molecular formula is C14H19NO4. The van der Waals surface area contributed by atoms with Crippen LogP contribution in [0.4, 0.5) is 0 Å². The molecule has 0 spiro atoms. The van der Waals surface area contributed by atoms with E-state index < -0.39 is 5.54 Å². The molecule has 1 N–H and O–H groups in total. The lowest BCUT2D eigenvalue weighted by atomic mass is 9.85. The summed E-state index contributed by atoms with van der Waals surface area (Å²) in [5, 5.41) is 9.75. The lowest BCUT2D eigenvalue weighted by molar-refractivity contribution is -0.154. The van der Waals surface area contributed by atoms with Gasteiger partial charge in [0, 0.05) is 13.2 Å². The smallest absolute Gasteiger partial charge is 0.234 e. The number of amides is 2. The fourth-order valence-corrected chi connectivity index (χ4v) is 3.47. The third kappa shape index (κ3) is 1.83. The molecule has 0 aromatic rings. The maximum absolute atomic E-state index is 12.5. The Bertz CT molecular complexity index is 399. The molecule has 0 bridgehead atoms. The summed E-state index contributed by atoms with van der Waals surface area (Å²) in [6, 6.07) is 0. The Morgan fingerprint density at radius 2 is 1.68 bits per heavy atom. The zero-order chi connectivity index (χ0) is 13.5. The third-order valence-corrected chi connectivity index (χ3v) is 4.70. The molecule has 3 rings (SSSR count). The van der Waals surface area contributed by atoms with Gasteiger partial charge in [-0.05, 0) is 25.7 Å². The van der Waals surface area contributed by atoms with Crippen LogP contribution in [-0.4, -0.2) is 47.2 Å². The molecule has 3 aliphatic rings. The van der Waals surface area contributed by atoms with Crippen LogP contribution in [-0.2, 0) is 14.3 Å². The highest BCUT2D eigenvalue weighted by molar-refractivity contribution is 6.06. The van der Waals surface area contributed by atoms with Crippen molar-refractivity contribution in [2.75, 3.05) is 19.8 Å². The molecule has 5 nitrogen and oxygen atoms in total. The third-order valence-electron chi connectivity index (χ3n) is 4.70. The topological polar surface area (TPSA) is 66.8 Å². The van der Waals surface area contributed by atoms with E-state index in [0.717, 1.165) is 0 Å². The van der Waals surface area contributed by atoms with E-state index in [1.165, 1.54) is 4.90 Å². The number of hydrogen-bond acceptors (Lipinski definition) is 4.